The first-order chi connectivity index (χ1) is 11.0. The molecule has 23 heavy (non-hydrogen) atoms. The van der Waals surface area contributed by atoms with Crippen LogP contribution in [0.3, 0.4) is 0 Å². The molecule has 0 saturated carbocycles. The van der Waals surface area contributed by atoms with E-state index in [0.29, 0.717) is 16.9 Å². The van der Waals surface area contributed by atoms with Crippen molar-refractivity contribution in [3.63, 3.8) is 0 Å². The van der Waals surface area contributed by atoms with Crippen molar-refractivity contribution in [2.24, 2.45) is 0 Å². The van der Waals surface area contributed by atoms with Gasteiger partial charge >= 0.3 is 0 Å². The van der Waals surface area contributed by atoms with Gasteiger partial charge in [-0.15, -0.1) is 0 Å². The van der Waals surface area contributed by atoms with Gasteiger partial charge < -0.3 is 0 Å². The molecule has 116 valence electrons. The molecule has 0 radical (unpaired) electrons. The van der Waals surface area contributed by atoms with Crippen LogP contribution in [0.25, 0.3) is 5.69 Å². The van der Waals surface area contributed by atoms with E-state index < -0.39 is 0 Å². The Morgan fingerprint density at radius 1 is 0.957 bits per heavy atom. The van der Waals surface area contributed by atoms with Gasteiger partial charge in [-0.05, 0) is 50.1 Å². The lowest BCUT2D eigenvalue weighted by molar-refractivity contribution is 0.103. The van der Waals surface area contributed by atoms with Crippen LogP contribution in [0, 0.1) is 20.8 Å². The molecule has 1 N–H and O–H groups in total. The lowest BCUT2D eigenvalue weighted by atomic mass is 10.00. The molecule has 0 fully saturated rings. The highest BCUT2D eigenvalue weighted by Crippen LogP contribution is 2.15. The van der Waals surface area contributed by atoms with Crippen LogP contribution in [0.1, 0.15) is 32.7 Å². The van der Waals surface area contributed by atoms with Gasteiger partial charge in [0.1, 0.15) is 5.56 Å². The van der Waals surface area contributed by atoms with E-state index in [1.807, 2.05) is 56.3 Å². The van der Waals surface area contributed by atoms with E-state index in [4.69, 9.17) is 0 Å². The van der Waals surface area contributed by atoms with E-state index in [0.717, 1.165) is 11.1 Å². The number of nitrogens with zero attached hydrogens (tertiary/aromatic N) is 1. The fraction of sp³-hybridized carbons (Fsp3) is 0.158. The predicted molar refractivity (Wildman–Crippen MR) is 90.5 cm³/mol. The summed E-state index contributed by atoms with van der Waals surface area (Å²) in [4.78, 5) is 25.4. The molecule has 4 nitrogen and oxygen atoms in total. The van der Waals surface area contributed by atoms with Crippen LogP contribution in [-0.4, -0.2) is 15.6 Å². The Morgan fingerprint density at radius 2 is 1.65 bits per heavy atom. The van der Waals surface area contributed by atoms with Crippen LogP contribution < -0.4 is 5.56 Å². The second-order valence-corrected chi connectivity index (χ2v) is 5.72. The minimum Gasteiger partial charge on any atom is -0.295 e. The summed E-state index contributed by atoms with van der Waals surface area (Å²) in [5.41, 5.74) is 3.84. The topological polar surface area (TPSA) is 54.9 Å². The first-order valence-electron chi connectivity index (χ1n) is 7.48. The number of H-pyrrole nitrogens is 1. The number of aromatic nitrogens is 2. The van der Waals surface area contributed by atoms with Crippen molar-refractivity contribution in [2.75, 3.05) is 0 Å². The maximum Gasteiger partial charge on any atom is 0.282 e. The van der Waals surface area contributed by atoms with E-state index in [9.17, 15) is 9.59 Å². The number of benzene rings is 2. The SMILES string of the molecule is Cc1ccc(C(=O)c2c(C)[nH]n(-c3ccccc3)c2=O)cc1C. The van der Waals surface area contributed by atoms with Gasteiger partial charge in [-0.1, -0.05) is 30.3 Å². The average Bonchev–Trinajstić information content (AvgIpc) is 2.85. The summed E-state index contributed by atoms with van der Waals surface area (Å²) in [6.45, 7) is 5.70. The van der Waals surface area contributed by atoms with Crippen molar-refractivity contribution in [1.82, 2.24) is 9.78 Å². The Hall–Kier alpha value is -2.88. The van der Waals surface area contributed by atoms with E-state index >= 15 is 0 Å². The fourth-order valence-corrected chi connectivity index (χ4v) is 2.60. The minimum absolute atomic E-state index is 0.192. The molecule has 0 amide bonds. The lowest BCUT2D eigenvalue weighted by Crippen LogP contribution is -2.20. The van der Waals surface area contributed by atoms with Crippen LogP contribution >= 0.6 is 0 Å². The number of hydrogen-bond donors (Lipinski definition) is 1. The van der Waals surface area contributed by atoms with Crippen molar-refractivity contribution in [1.29, 1.82) is 0 Å². The van der Waals surface area contributed by atoms with E-state index in [1.165, 1.54) is 4.68 Å². The quantitative estimate of drug-likeness (QED) is 0.755. The van der Waals surface area contributed by atoms with Gasteiger partial charge in [0, 0.05) is 11.3 Å². The third-order valence-electron chi connectivity index (χ3n) is 4.08. The molecular formula is C19H18N2O2. The number of ketones is 1. The summed E-state index contributed by atoms with van der Waals surface area (Å²) < 4.78 is 1.41. The summed E-state index contributed by atoms with van der Waals surface area (Å²) in [5.74, 6) is -0.249. The second-order valence-electron chi connectivity index (χ2n) is 5.72. The van der Waals surface area contributed by atoms with Gasteiger partial charge in [-0.25, -0.2) is 4.68 Å². The van der Waals surface area contributed by atoms with Gasteiger partial charge in [-0.2, -0.15) is 0 Å². The highest BCUT2D eigenvalue weighted by molar-refractivity contribution is 6.09. The molecule has 1 aromatic heterocycles. The number of nitrogens with one attached hydrogen (secondary N) is 1. The molecular weight excluding hydrogens is 288 g/mol. The molecule has 3 rings (SSSR count). The summed E-state index contributed by atoms with van der Waals surface area (Å²) in [6, 6.07) is 14.7. The monoisotopic (exact) mass is 306 g/mol. The number of aromatic amines is 1. The number of para-hydroxylation sites is 1. The van der Waals surface area contributed by atoms with Crippen molar-refractivity contribution >= 4 is 5.78 Å². The van der Waals surface area contributed by atoms with Crippen molar-refractivity contribution in [2.45, 2.75) is 20.8 Å². The zero-order chi connectivity index (χ0) is 16.6. The molecule has 0 spiro atoms. The van der Waals surface area contributed by atoms with Crippen molar-refractivity contribution in [3.8, 4) is 5.69 Å². The normalized spacial score (nSPS) is 10.7. The molecule has 4 heteroatoms. The number of carbonyl (C=O) groups is 1. The predicted octanol–water partition coefficient (Wildman–Crippen LogP) is 3.32. The van der Waals surface area contributed by atoms with Crippen LogP contribution in [0.15, 0.2) is 53.3 Å². The molecule has 0 bridgehead atoms. The van der Waals surface area contributed by atoms with E-state index in [1.54, 1.807) is 13.0 Å². The minimum atomic E-state index is -0.322. The largest absolute Gasteiger partial charge is 0.295 e. The first-order valence-corrected chi connectivity index (χ1v) is 7.48. The van der Waals surface area contributed by atoms with Crippen LogP contribution in [0.4, 0.5) is 0 Å². The Kier molecular flexibility index (Phi) is 3.74. The molecule has 2 aromatic carbocycles. The molecule has 0 saturated heterocycles. The average molecular weight is 306 g/mol. The molecule has 0 aliphatic rings. The number of hydrogen-bond acceptors (Lipinski definition) is 2. The third kappa shape index (κ3) is 2.63. The second kappa shape index (κ2) is 5.72. The Balaban J connectivity index is 2.10. The van der Waals surface area contributed by atoms with Crippen molar-refractivity contribution in [3.05, 3.63) is 86.8 Å². The third-order valence-corrected chi connectivity index (χ3v) is 4.08. The highest BCUT2D eigenvalue weighted by Gasteiger charge is 2.21. The maximum atomic E-state index is 12.8. The zero-order valence-electron chi connectivity index (χ0n) is 13.4. The van der Waals surface area contributed by atoms with Gasteiger partial charge in [0.05, 0.1) is 5.69 Å². The Labute approximate surface area is 134 Å². The fourth-order valence-electron chi connectivity index (χ4n) is 2.60. The number of rotatable bonds is 3. The van der Waals surface area contributed by atoms with Gasteiger partial charge in [0.2, 0.25) is 0 Å². The van der Waals surface area contributed by atoms with E-state index in [-0.39, 0.29) is 16.9 Å². The van der Waals surface area contributed by atoms with Gasteiger partial charge in [0.15, 0.2) is 5.78 Å². The number of aryl methyl sites for hydroxylation is 3. The molecule has 0 unspecified atom stereocenters. The molecule has 0 aliphatic carbocycles. The van der Waals surface area contributed by atoms with Crippen molar-refractivity contribution < 1.29 is 4.79 Å². The zero-order valence-corrected chi connectivity index (χ0v) is 13.4. The maximum absolute atomic E-state index is 12.8. The summed E-state index contributed by atoms with van der Waals surface area (Å²) in [5, 5.41) is 2.99. The van der Waals surface area contributed by atoms with Crippen LogP contribution in [0.5, 0.6) is 0 Å². The van der Waals surface area contributed by atoms with Gasteiger partial charge in [0.25, 0.3) is 5.56 Å². The summed E-state index contributed by atoms with van der Waals surface area (Å²) in [7, 11) is 0. The first kappa shape index (κ1) is 15.0. The number of carbonyl (C=O) groups excluding carboxylic acids is 1. The standard InChI is InChI=1S/C19H18N2O2/c1-12-9-10-15(11-13(12)2)18(22)17-14(3)20-21(19(17)23)16-7-5-4-6-8-16/h4-11,20H,1-3H3. The summed E-state index contributed by atoms with van der Waals surface area (Å²) in [6.07, 6.45) is 0. The smallest absolute Gasteiger partial charge is 0.282 e. The van der Waals surface area contributed by atoms with Crippen LogP contribution in [-0.2, 0) is 0 Å². The van der Waals surface area contributed by atoms with Gasteiger partial charge in [-0.3, -0.25) is 14.7 Å². The van der Waals surface area contributed by atoms with Crippen LogP contribution in [0.2, 0.25) is 0 Å². The van der Waals surface area contributed by atoms with E-state index in [2.05, 4.69) is 5.10 Å². The molecule has 1 heterocycles. The lowest BCUT2D eigenvalue weighted by Gasteiger charge is -2.03. The Bertz CT molecular complexity index is 934. The molecule has 0 aliphatic heterocycles. The Morgan fingerprint density at radius 3 is 2.30 bits per heavy atom. The summed E-state index contributed by atoms with van der Waals surface area (Å²) >= 11 is 0. The molecule has 3 aromatic rings. The highest BCUT2D eigenvalue weighted by atomic mass is 16.2. The molecule has 0 atom stereocenters.